The molecular formula is C27H30N4O4. The summed E-state index contributed by atoms with van der Waals surface area (Å²) in [6.07, 6.45) is 5.48. The molecule has 0 unspecified atom stereocenters. The highest BCUT2D eigenvalue weighted by atomic mass is 16.2. The molecular weight excluding hydrogens is 444 g/mol. The Balaban J connectivity index is 1.53. The van der Waals surface area contributed by atoms with E-state index in [1.165, 1.54) is 4.90 Å². The first-order valence-electron chi connectivity index (χ1n) is 11.8. The van der Waals surface area contributed by atoms with Gasteiger partial charge in [0.05, 0.1) is 0 Å². The number of urea groups is 1. The molecule has 5 amide bonds. The molecule has 2 aliphatic rings. The Kier molecular flexibility index (Phi) is 7.00. The molecule has 1 spiro atoms. The monoisotopic (exact) mass is 474 g/mol. The number of amides is 5. The molecule has 1 saturated heterocycles. The predicted molar refractivity (Wildman–Crippen MR) is 133 cm³/mol. The van der Waals surface area contributed by atoms with E-state index >= 15 is 0 Å². The third-order valence-electron chi connectivity index (χ3n) is 6.60. The topological polar surface area (TPSA) is 98.8 Å². The Morgan fingerprint density at radius 1 is 1.03 bits per heavy atom. The highest BCUT2D eigenvalue weighted by Gasteiger charge is 2.51. The number of carbonyl (C=O) groups is 4. The summed E-state index contributed by atoms with van der Waals surface area (Å²) in [6.45, 7) is 1.50. The average Bonchev–Trinajstić information content (AvgIpc) is 3.08. The minimum Gasteiger partial charge on any atom is -0.323 e. The largest absolute Gasteiger partial charge is 0.325 e. The maximum Gasteiger partial charge on any atom is 0.325 e. The summed E-state index contributed by atoms with van der Waals surface area (Å²) in [7, 11) is 1.63. The van der Waals surface area contributed by atoms with Crippen LogP contribution >= 0.6 is 0 Å². The van der Waals surface area contributed by atoms with Crippen LogP contribution in [0.5, 0.6) is 0 Å². The number of nitrogens with one attached hydrogen (secondary N) is 2. The van der Waals surface area contributed by atoms with Crippen LogP contribution in [0.1, 0.15) is 43.2 Å². The van der Waals surface area contributed by atoms with Gasteiger partial charge >= 0.3 is 6.03 Å². The molecule has 0 aromatic heterocycles. The Labute approximate surface area is 205 Å². The molecule has 182 valence electrons. The van der Waals surface area contributed by atoms with Gasteiger partial charge in [0.1, 0.15) is 17.8 Å². The summed E-state index contributed by atoms with van der Waals surface area (Å²) in [4.78, 5) is 54.3. The maximum atomic E-state index is 13.4. The minimum atomic E-state index is -0.903. The first kappa shape index (κ1) is 24.2. The number of rotatable bonds is 6. The van der Waals surface area contributed by atoms with Crippen molar-refractivity contribution in [2.45, 2.75) is 44.6 Å². The van der Waals surface area contributed by atoms with Crippen molar-refractivity contribution in [2.75, 3.05) is 18.5 Å². The fraction of sp³-hybridized carbons (Fsp3) is 0.333. The van der Waals surface area contributed by atoms with E-state index in [0.29, 0.717) is 18.5 Å². The molecule has 1 aliphatic heterocycles. The van der Waals surface area contributed by atoms with E-state index in [1.807, 2.05) is 61.5 Å². The molecule has 35 heavy (non-hydrogen) atoms. The number of benzene rings is 2. The molecule has 8 heteroatoms. The van der Waals surface area contributed by atoms with Crippen LogP contribution < -0.4 is 15.5 Å². The highest BCUT2D eigenvalue weighted by Crippen LogP contribution is 2.33. The van der Waals surface area contributed by atoms with Crippen molar-refractivity contribution in [1.82, 2.24) is 15.5 Å². The standard InChI is InChI=1S/C27H30N4O4/c1-19-11-13-21(14-12-19)30(2)24(33)22(17-20-9-5-3-6-10-20)28-23(32)18-31-25(34)27(29-26(31)35)15-7-4-8-16-27/h3,5-6,9-14,17H,4,7-8,15-16,18H2,1-2H3,(H,28,32)(H,29,35)/b22-17+. The van der Waals surface area contributed by atoms with Crippen molar-refractivity contribution in [1.29, 1.82) is 0 Å². The molecule has 4 rings (SSSR count). The number of aryl methyl sites for hydroxylation is 1. The quantitative estimate of drug-likeness (QED) is 0.495. The third-order valence-corrected chi connectivity index (χ3v) is 6.60. The second-order valence-electron chi connectivity index (χ2n) is 9.18. The average molecular weight is 475 g/mol. The van der Waals surface area contributed by atoms with Gasteiger partial charge in [0, 0.05) is 12.7 Å². The van der Waals surface area contributed by atoms with E-state index in [-0.39, 0.29) is 11.6 Å². The third kappa shape index (κ3) is 5.26. The van der Waals surface area contributed by atoms with Crippen LogP contribution in [-0.4, -0.2) is 47.8 Å². The van der Waals surface area contributed by atoms with Crippen molar-refractivity contribution >= 4 is 35.5 Å². The van der Waals surface area contributed by atoms with E-state index in [2.05, 4.69) is 10.6 Å². The van der Waals surface area contributed by atoms with E-state index in [1.54, 1.807) is 13.1 Å². The summed E-state index contributed by atoms with van der Waals surface area (Å²) < 4.78 is 0. The maximum absolute atomic E-state index is 13.4. The summed E-state index contributed by atoms with van der Waals surface area (Å²) >= 11 is 0. The van der Waals surface area contributed by atoms with Gasteiger partial charge in [-0.2, -0.15) is 0 Å². The normalized spacial score (nSPS) is 17.3. The number of nitrogens with zero attached hydrogens (tertiary/aromatic N) is 2. The number of imide groups is 1. The zero-order chi connectivity index (χ0) is 25.0. The Morgan fingerprint density at radius 3 is 2.34 bits per heavy atom. The van der Waals surface area contributed by atoms with Crippen LogP contribution in [0.2, 0.25) is 0 Å². The summed E-state index contributed by atoms with van der Waals surface area (Å²) in [6, 6.07) is 16.0. The summed E-state index contributed by atoms with van der Waals surface area (Å²) in [5, 5.41) is 5.45. The van der Waals surface area contributed by atoms with E-state index in [4.69, 9.17) is 0 Å². The molecule has 1 aliphatic carbocycles. The first-order chi connectivity index (χ1) is 16.8. The zero-order valence-electron chi connectivity index (χ0n) is 20.0. The highest BCUT2D eigenvalue weighted by molar-refractivity contribution is 6.12. The van der Waals surface area contributed by atoms with Gasteiger partial charge in [-0.15, -0.1) is 0 Å². The number of carbonyl (C=O) groups excluding carboxylic acids is 4. The van der Waals surface area contributed by atoms with E-state index in [9.17, 15) is 19.2 Å². The van der Waals surface area contributed by atoms with E-state index < -0.39 is 29.9 Å². The van der Waals surface area contributed by atoms with Gasteiger partial charge < -0.3 is 15.5 Å². The second kappa shape index (κ2) is 10.1. The first-order valence-corrected chi connectivity index (χ1v) is 11.8. The lowest BCUT2D eigenvalue weighted by atomic mass is 9.82. The van der Waals surface area contributed by atoms with Crippen molar-refractivity contribution in [3.63, 3.8) is 0 Å². The molecule has 2 N–H and O–H groups in total. The Bertz CT molecular complexity index is 1150. The van der Waals surface area contributed by atoms with Crippen LogP contribution in [0.15, 0.2) is 60.3 Å². The van der Waals surface area contributed by atoms with Crippen molar-refractivity contribution in [3.8, 4) is 0 Å². The van der Waals surface area contributed by atoms with Gasteiger partial charge in [0.25, 0.3) is 11.8 Å². The SMILES string of the molecule is Cc1ccc(N(C)C(=O)/C(=C\c2ccccc2)NC(=O)CN2C(=O)NC3(CCCCC3)C2=O)cc1. The summed E-state index contributed by atoms with van der Waals surface area (Å²) in [5.74, 6) is -1.41. The van der Waals surface area contributed by atoms with Crippen LogP contribution in [-0.2, 0) is 14.4 Å². The van der Waals surface area contributed by atoms with Crippen molar-refractivity contribution in [2.24, 2.45) is 0 Å². The lowest BCUT2D eigenvalue weighted by molar-refractivity contribution is -0.135. The second-order valence-corrected chi connectivity index (χ2v) is 9.18. The van der Waals surface area contributed by atoms with Gasteiger partial charge in [-0.3, -0.25) is 19.3 Å². The fourth-order valence-corrected chi connectivity index (χ4v) is 4.58. The molecule has 2 aromatic carbocycles. The molecule has 1 saturated carbocycles. The molecule has 2 fully saturated rings. The molecule has 0 radical (unpaired) electrons. The Hall–Kier alpha value is -3.94. The van der Waals surface area contributed by atoms with Crippen LogP contribution in [0, 0.1) is 6.92 Å². The number of anilines is 1. The number of hydrogen-bond donors (Lipinski definition) is 2. The lowest BCUT2D eigenvalue weighted by Gasteiger charge is -2.30. The van der Waals surface area contributed by atoms with Crippen molar-refractivity contribution in [3.05, 3.63) is 71.4 Å². The zero-order valence-corrected chi connectivity index (χ0v) is 20.0. The molecule has 1 heterocycles. The lowest BCUT2D eigenvalue weighted by Crippen LogP contribution is -2.49. The van der Waals surface area contributed by atoms with Gasteiger partial charge in [-0.25, -0.2) is 4.79 Å². The van der Waals surface area contributed by atoms with Gasteiger partial charge in [-0.1, -0.05) is 67.3 Å². The number of likely N-dealkylation sites (N-methyl/N-ethyl adjacent to an activating group) is 1. The van der Waals surface area contributed by atoms with Crippen molar-refractivity contribution < 1.29 is 19.2 Å². The predicted octanol–water partition coefficient (Wildman–Crippen LogP) is 3.37. The minimum absolute atomic E-state index is 0.0451. The molecule has 0 bridgehead atoms. The van der Waals surface area contributed by atoms with Gasteiger partial charge in [0.15, 0.2) is 0 Å². The molecule has 0 atom stereocenters. The van der Waals surface area contributed by atoms with Gasteiger partial charge in [-0.05, 0) is 43.5 Å². The fourth-order valence-electron chi connectivity index (χ4n) is 4.58. The Morgan fingerprint density at radius 2 is 1.69 bits per heavy atom. The number of hydrogen-bond acceptors (Lipinski definition) is 4. The summed E-state index contributed by atoms with van der Waals surface area (Å²) in [5.41, 5.74) is 1.60. The molecule has 2 aromatic rings. The molecule has 8 nitrogen and oxygen atoms in total. The van der Waals surface area contributed by atoms with Gasteiger partial charge in [0.2, 0.25) is 5.91 Å². The van der Waals surface area contributed by atoms with E-state index in [0.717, 1.165) is 35.3 Å². The smallest absolute Gasteiger partial charge is 0.323 e. The van der Waals surface area contributed by atoms with Crippen LogP contribution in [0.3, 0.4) is 0 Å². The van der Waals surface area contributed by atoms with Crippen LogP contribution in [0.25, 0.3) is 6.08 Å². The van der Waals surface area contributed by atoms with Crippen LogP contribution in [0.4, 0.5) is 10.5 Å².